The number of terminal acetylenes is 1. The molecule has 1 fully saturated rings. The second kappa shape index (κ2) is 15.7. The lowest BCUT2D eigenvalue weighted by Crippen LogP contribution is -2.12. The van der Waals surface area contributed by atoms with Crippen LogP contribution in [0.5, 0.6) is 0 Å². The topological polar surface area (TPSA) is 145 Å². The Bertz CT molecular complexity index is 695. The lowest BCUT2D eigenvalue weighted by atomic mass is 10.2. The molecule has 0 unspecified atom stereocenters. The highest BCUT2D eigenvalue weighted by molar-refractivity contribution is 5.72. The van der Waals surface area contributed by atoms with Gasteiger partial charge in [0, 0.05) is 24.8 Å². The summed E-state index contributed by atoms with van der Waals surface area (Å²) in [6.07, 6.45) is 12.0. The molecule has 2 atom stereocenters. The summed E-state index contributed by atoms with van der Waals surface area (Å²) in [5, 5.41) is 16.3. The number of carbonyl (C=O) groups is 1. The lowest BCUT2D eigenvalue weighted by molar-refractivity contribution is -0.0979. The highest BCUT2D eigenvalue weighted by Gasteiger charge is 2.19. The van der Waals surface area contributed by atoms with Gasteiger partial charge in [-0.15, -0.1) is 12.8 Å². The third-order valence-electron chi connectivity index (χ3n) is 3.03. The maximum Gasteiger partial charge on any atom is 0.346 e. The van der Waals surface area contributed by atoms with E-state index in [1.54, 1.807) is 6.07 Å². The van der Waals surface area contributed by atoms with Crippen LogP contribution in [0.4, 0.5) is 0 Å². The van der Waals surface area contributed by atoms with Crippen LogP contribution in [-0.2, 0) is 9.53 Å². The first-order valence-corrected chi connectivity index (χ1v) is 7.50. The fraction of sp³-hybridized carbons (Fsp3) is 0.412. The summed E-state index contributed by atoms with van der Waals surface area (Å²) in [4.78, 5) is 37.9. The van der Waals surface area contributed by atoms with Gasteiger partial charge in [0.2, 0.25) is 5.56 Å². The SMILES string of the molecule is C#C.C=O.CO.C[C@H]1CC[C@@H](CO)O1.O=c1ccc2cnc(=O)[nH]c2[nH]1. The second-order valence-electron chi connectivity index (χ2n) is 4.67. The first-order chi connectivity index (χ1) is 12.6. The summed E-state index contributed by atoms with van der Waals surface area (Å²) < 4.78 is 5.26. The molecule has 9 heteroatoms. The minimum Gasteiger partial charge on any atom is -0.400 e. The number of aliphatic hydroxyl groups is 2. The standard InChI is InChI=1S/C7H5N3O2.C6H12O2.C2H2.CH4O.CH2O/c11-5-2-1-4-3-8-7(12)10-6(4)9-5;1-5-2-3-6(4-7)8-5;3*1-2/h1-3H,(H2,8,9,10,11,12);5-7H,2-4H2,1H3;1-2H;2H,1H3;1H2/t;5-,6-;;;/m.0.../s1. The van der Waals surface area contributed by atoms with E-state index in [9.17, 15) is 9.59 Å². The highest BCUT2D eigenvalue weighted by atomic mass is 16.5. The van der Waals surface area contributed by atoms with Crippen molar-refractivity contribution in [3.05, 3.63) is 39.2 Å². The molecule has 4 N–H and O–H groups in total. The zero-order chi connectivity index (χ0) is 20.5. The molecule has 3 heterocycles. The van der Waals surface area contributed by atoms with E-state index in [0.29, 0.717) is 17.1 Å². The van der Waals surface area contributed by atoms with Gasteiger partial charge in [-0.3, -0.25) is 9.78 Å². The van der Waals surface area contributed by atoms with Gasteiger partial charge in [-0.1, -0.05) is 0 Å². The molecule has 0 bridgehead atoms. The van der Waals surface area contributed by atoms with Crippen molar-refractivity contribution in [3.63, 3.8) is 0 Å². The van der Waals surface area contributed by atoms with Crippen LogP contribution in [0.25, 0.3) is 11.0 Å². The predicted molar refractivity (Wildman–Crippen MR) is 98.8 cm³/mol. The van der Waals surface area contributed by atoms with Crippen LogP contribution in [0.3, 0.4) is 0 Å². The van der Waals surface area contributed by atoms with Crippen LogP contribution < -0.4 is 11.2 Å². The molecule has 0 aliphatic carbocycles. The maximum atomic E-state index is 10.8. The molecular weight excluding hydrogens is 342 g/mol. The number of H-pyrrole nitrogens is 2. The molecule has 9 nitrogen and oxygen atoms in total. The monoisotopic (exact) mass is 367 g/mol. The number of aromatic nitrogens is 3. The first kappa shape index (κ1) is 25.4. The van der Waals surface area contributed by atoms with Crippen molar-refractivity contribution in [1.29, 1.82) is 0 Å². The van der Waals surface area contributed by atoms with Gasteiger partial charge < -0.3 is 24.7 Å². The number of hydrogen-bond donors (Lipinski definition) is 4. The molecule has 0 amide bonds. The minimum absolute atomic E-state index is 0.130. The van der Waals surface area contributed by atoms with Gasteiger partial charge in [-0.05, 0) is 25.8 Å². The maximum absolute atomic E-state index is 10.8. The van der Waals surface area contributed by atoms with Crippen molar-refractivity contribution >= 4 is 17.8 Å². The number of carbonyl (C=O) groups excluding carboxylic acids is 1. The molecule has 1 aliphatic rings. The zero-order valence-electron chi connectivity index (χ0n) is 14.8. The van der Waals surface area contributed by atoms with Gasteiger partial charge in [0.05, 0.1) is 18.8 Å². The average molecular weight is 367 g/mol. The number of aromatic amines is 2. The van der Waals surface area contributed by atoms with Crippen LogP contribution in [0, 0.1) is 12.8 Å². The molecule has 2 aromatic rings. The molecular formula is C17H25N3O6. The number of aliphatic hydroxyl groups excluding tert-OH is 2. The number of nitrogens with zero attached hydrogens (tertiary/aromatic N) is 1. The quantitative estimate of drug-likeness (QED) is 0.512. The van der Waals surface area contributed by atoms with Crippen molar-refractivity contribution in [3.8, 4) is 12.8 Å². The van der Waals surface area contributed by atoms with Crippen LogP contribution in [0.1, 0.15) is 19.8 Å². The van der Waals surface area contributed by atoms with Gasteiger partial charge in [0.1, 0.15) is 12.4 Å². The Balaban J connectivity index is 0. The summed E-state index contributed by atoms with van der Waals surface area (Å²) >= 11 is 0. The Hall–Kier alpha value is -2.80. The summed E-state index contributed by atoms with van der Waals surface area (Å²) in [5.41, 5.74) is -0.309. The molecule has 144 valence electrons. The van der Waals surface area contributed by atoms with Gasteiger partial charge >= 0.3 is 5.69 Å². The Morgan fingerprint density at radius 3 is 2.31 bits per heavy atom. The van der Waals surface area contributed by atoms with Gasteiger partial charge in [-0.25, -0.2) is 9.78 Å². The van der Waals surface area contributed by atoms with Crippen molar-refractivity contribution in [1.82, 2.24) is 15.0 Å². The summed E-state index contributed by atoms with van der Waals surface area (Å²) in [7, 11) is 1.00. The van der Waals surface area contributed by atoms with E-state index in [4.69, 9.17) is 19.7 Å². The molecule has 0 spiro atoms. The third kappa shape index (κ3) is 9.48. The van der Waals surface area contributed by atoms with Crippen LogP contribution in [-0.4, -0.2) is 57.9 Å². The van der Waals surface area contributed by atoms with E-state index in [2.05, 4.69) is 27.8 Å². The predicted octanol–water partition coefficient (Wildman–Crippen LogP) is -0.169. The summed E-state index contributed by atoms with van der Waals surface area (Å²) in [6, 6.07) is 2.97. The molecule has 1 aliphatic heterocycles. The van der Waals surface area contributed by atoms with Crippen molar-refractivity contribution < 1.29 is 19.7 Å². The number of nitrogens with one attached hydrogen (secondary N) is 2. The van der Waals surface area contributed by atoms with E-state index in [-0.39, 0.29) is 18.3 Å². The van der Waals surface area contributed by atoms with Crippen molar-refractivity contribution in [2.24, 2.45) is 0 Å². The summed E-state index contributed by atoms with van der Waals surface area (Å²) in [5.74, 6) is 0. The first-order valence-electron chi connectivity index (χ1n) is 7.50. The van der Waals surface area contributed by atoms with E-state index >= 15 is 0 Å². The summed E-state index contributed by atoms with van der Waals surface area (Å²) in [6.45, 7) is 4.22. The van der Waals surface area contributed by atoms with Crippen LogP contribution in [0.15, 0.2) is 27.9 Å². The minimum atomic E-state index is -0.468. The normalized spacial score (nSPS) is 17.0. The van der Waals surface area contributed by atoms with E-state index in [1.807, 2.05) is 13.7 Å². The van der Waals surface area contributed by atoms with E-state index in [1.165, 1.54) is 12.3 Å². The second-order valence-corrected chi connectivity index (χ2v) is 4.67. The van der Waals surface area contributed by atoms with Crippen molar-refractivity contribution in [2.45, 2.75) is 32.0 Å². The molecule has 3 rings (SSSR count). The number of fused-ring (bicyclic) bond motifs is 1. The zero-order valence-corrected chi connectivity index (χ0v) is 14.8. The van der Waals surface area contributed by atoms with Gasteiger partial charge in [0.25, 0.3) is 0 Å². The van der Waals surface area contributed by atoms with Crippen LogP contribution in [0.2, 0.25) is 0 Å². The molecule has 0 aromatic carbocycles. The van der Waals surface area contributed by atoms with Crippen LogP contribution >= 0.6 is 0 Å². The van der Waals surface area contributed by atoms with E-state index < -0.39 is 5.69 Å². The molecule has 26 heavy (non-hydrogen) atoms. The Kier molecular flexibility index (Phi) is 15.4. The number of pyridine rings is 1. The van der Waals surface area contributed by atoms with Gasteiger partial charge in [0.15, 0.2) is 0 Å². The molecule has 2 aromatic heterocycles. The smallest absolute Gasteiger partial charge is 0.346 e. The van der Waals surface area contributed by atoms with Crippen molar-refractivity contribution in [2.75, 3.05) is 13.7 Å². The fourth-order valence-corrected chi connectivity index (χ4v) is 1.98. The third-order valence-corrected chi connectivity index (χ3v) is 3.03. The number of ether oxygens (including phenoxy) is 1. The average Bonchev–Trinajstić information content (AvgIpc) is 3.12. The Morgan fingerprint density at radius 2 is 1.85 bits per heavy atom. The van der Waals surface area contributed by atoms with Gasteiger partial charge in [-0.2, -0.15) is 0 Å². The highest BCUT2D eigenvalue weighted by Crippen LogP contribution is 2.17. The lowest BCUT2D eigenvalue weighted by Gasteiger charge is -2.05. The number of hydrogen-bond acceptors (Lipinski definition) is 7. The Morgan fingerprint density at radius 1 is 1.23 bits per heavy atom. The fourth-order valence-electron chi connectivity index (χ4n) is 1.98. The Labute approximate surface area is 151 Å². The molecule has 1 saturated heterocycles. The van der Waals surface area contributed by atoms with E-state index in [0.717, 1.165) is 20.0 Å². The number of rotatable bonds is 1. The molecule has 0 radical (unpaired) electrons. The largest absolute Gasteiger partial charge is 0.400 e. The molecule has 0 saturated carbocycles.